The molecule has 160 valence electrons. The number of carbonyl (C=O) groups is 3. The Morgan fingerprint density at radius 2 is 1.83 bits per heavy atom. The van der Waals surface area contributed by atoms with Crippen LogP contribution in [0.15, 0.2) is 24.3 Å². The van der Waals surface area contributed by atoms with Gasteiger partial charge < -0.3 is 30.0 Å². The fourth-order valence-electron chi connectivity index (χ4n) is 3.05. The predicted molar refractivity (Wildman–Crippen MR) is 99.6 cm³/mol. The van der Waals surface area contributed by atoms with Gasteiger partial charge in [-0.05, 0) is 17.7 Å². The van der Waals surface area contributed by atoms with Gasteiger partial charge in [0.15, 0.2) is 12.4 Å². The molecule has 1 aliphatic heterocycles. The van der Waals surface area contributed by atoms with Crippen LogP contribution in [0.1, 0.15) is 19.4 Å². The lowest BCUT2D eigenvalue weighted by Gasteiger charge is -2.42. The fourth-order valence-corrected chi connectivity index (χ4v) is 3.05. The summed E-state index contributed by atoms with van der Waals surface area (Å²) in [6, 6.07) is 5.49. The first-order valence-electron chi connectivity index (χ1n) is 9.00. The lowest BCUT2D eigenvalue weighted by Crippen LogP contribution is -2.65. The van der Waals surface area contributed by atoms with Gasteiger partial charge in [0.25, 0.3) is 0 Å². The number of benzene rings is 1. The molecule has 1 aromatic carbocycles. The van der Waals surface area contributed by atoms with Crippen LogP contribution in [-0.2, 0) is 35.0 Å². The zero-order valence-electron chi connectivity index (χ0n) is 16.4. The number of ether oxygens (including phenoxy) is 3. The SMILES string of the molecule is CO[C@H]1O[C@H](CF)[C@@H](OC(=O)Cc2ccc(NC(C)=O)cc2)[C@H](O)[C@H]1NC(C)=O. The maximum Gasteiger partial charge on any atom is 0.310 e. The lowest BCUT2D eigenvalue weighted by atomic mass is 9.96. The summed E-state index contributed by atoms with van der Waals surface area (Å²) in [4.78, 5) is 34.8. The monoisotopic (exact) mass is 412 g/mol. The highest BCUT2D eigenvalue weighted by atomic mass is 19.1. The summed E-state index contributed by atoms with van der Waals surface area (Å²) in [5, 5.41) is 15.6. The second-order valence-corrected chi connectivity index (χ2v) is 6.66. The smallest absolute Gasteiger partial charge is 0.310 e. The molecule has 1 aromatic rings. The van der Waals surface area contributed by atoms with Crippen molar-refractivity contribution in [3.63, 3.8) is 0 Å². The number of methoxy groups -OCH3 is 1. The summed E-state index contributed by atoms with van der Waals surface area (Å²) < 4.78 is 29.2. The van der Waals surface area contributed by atoms with E-state index in [-0.39, 0.29) is 12.3 Å². The number of aliphatic hydroxyl groups excluding tert-OH is 1. The quantitative estimate of drug-likeness (QED) is 0.551. The Kier molecular flexibility index (Phi) is 8.06. The molecular formula is C19H25FN2O7. The molecule has 29 heavy (non-hydrogen) atoms. The molecule has 10 heteroatoms. The number of aliphatic hydroxyl groups is 1. The van der Waals surface area contributed by atoms with Crippen molar-refractivity contribution in [2.24, 2.45) is 0 Å². The van der Waals surface area contributed by atoms with Crippen LogP contribution in [0.5, 0.6) is 0 Å². The molecule has 0 bridgehead atoms. The van der Waals surface area contributed by atoms with Crippen molar-refractivity contribution in [3.05, 3.63) is 29.8 Å². The number of esters is 1. The minimum absolute atomic E-state index is 0.138. The zero-order chi connectivity index (χ0) is 21.6. The fraction of sp³-hybridized carbons (Fsp3) is 0.526. The van der Waals surface area contributed by atoms with E-state index >= 15 is 0 Å². The molecule has 2 rings (SSSR count). The van der Waals surface area contributed by atoms with Crippen molar-refractivity contribution in [1.82, 2.24) is 5.32 Å². The third-order valence-electron chi connectivity index (χ3n) is 4.32. The van der Waals surface area contributed by atoms with Gasteiger partial charge in [-0.15, -0.1) is 0 Å². The molecule has 9 nitrogen and oxygen atoms in total. The molecule has 1 fully saturated rings. The lowest BCUT2D eigenvalue weighted by molar-refractivity contribution is -0.264. The number of amides is 2. The molecule has 2 amide bonds. The Balaban J connectivity index is 2.05. The number of nitrogens with one attached hydrogen (secondary N) is 2. The van der Waals surface area contributed by atoms with Crippen LogP contribution in [0.4, 0.5) is 10.1 Å². The first-order chi connectivity index (χ1) is 13.7. The van der Waals surface area contributed by atoms with E-state index in [1.807, 2.05) is 0 Å². The molecule has 0 radical (unpaired) electrons. The minimum atomic E-state index is -1.43. The molecule has 5 atom stereocenters. The third kappa shape index (κ3) is 6.21. The molecular weight excluding hydrogens is 387 g/mol. The van der Waals surface area contributed by atoms with Crippen molar-refractivity contribution in [2.75, 3.05) is 19.1 Å². The van der Waals surface area contributed by atoms with Gasteiger partial charge in [0.1, 0.15) is 24.9 Å². The summed E-state index contributed by atoms with van der Waals surface area (Å²) in [6.07, 6.45) is -5.23. The van der Waals surface area contributed by atoms with E-state index in [0.29, 0.717) is 11.3 Å². The third-order valence-corrected chi connectivity index (χ3v) is 4.32. The summed E-state index contributed by atoms with van der Waals surface area (Å²) in [5.41, 5.74) is 1.17. The standard InChI is InChI=1S/C19H25FN2O7/c1-10(23)21-13-6-4-12(5-7-13)8-15(25)29-18-14(9-20)28-19(27-3)16(17(18)26)22-11(2)24/h4-7,14,16-19,26H,8-9H2,1-3H3,(H,21,23)(H,22,24)/t14-,16-,17-,18-,19+/m1/s1. The van der Waals surface area contributed by atoms with Crippen molar-refractivity contribution in [3.8, 4) is 0 Å². The molecule has 1 saturated heterocycles. The van der Waals surface area contributed by atoms with Crippen LogP contribution in [0.3, 0.4) is 0 Å². The Morgan fingerprint density at radius 3 is 2.34 bits per heavy atom. The second kappa shape index (κ2) is 10.3. The topological polar surface area (TPSA) is 123 Å². The van der Waals surface area contributed by atoms with Gasteiger partial charge in [-0.3, -0.25) is 14.4 Å². The number of hydrogen-bond donors (Lipinski definition) is 3. The Bertz CT molecular complexity index is 728. The van der Waals surface area contributed by atoms with E-state index in [1.165, 1.54) is 21.0 Å². The van der Waals surface area contributed by atoms with Gasteiger partial charge in [0.05, 0.1) is 6.42 Å². The van der Waals surface area contributed by atoms with Crippen LogP contribution in [0.2, 0.25) is 0 Å². The van der Waals surface area contributed by atoms with E-state index in [1.54, 1.807) is 24.3 Å². The largest absolute Gasteiger partial charge is 0.456 e. The Morgan fingerprint density at radius 1 is 1.17 bits per heavy atom. The van der Waals surface area contributed by atoms with E-state index in [0.717, 1.165) is 0 Å². The number of carbonyl (C=O) groups excluding carboxylic acids is 3. The molecule has 1 heterocycles. The molecule has 0 unspecified atom stereocenters. The second-order valence-electron chi connectivity index (χ2n) is 6.66. The average Bonchev–Trinajstić information content (AvgIpc) is 2.66. The molecule has 1 aliphatic rings. The van der Waals surface area contributed by atoms with Crippen LogP contribution in [-0.4, -0.2) is 67.3 Å². The number of alkyl halides is 1. The first kappa shape index (κ1) is 22.7. The van der Waals surface area contributed by atoms with E-state index < -0.39 is 49.2 Å². The molecule has 3 N–H and O–H groups in total. The highest BCUT2D eigenvalue weighted by Crippen LogP contribution is 2.25. The van der Waals surface area contributed by atoms with Crippen molar-refractivity contribution in [1.29, 1.82) is 0 Å². The maximum atomic E-state index is 13.4. The van der Waals surface area contributed by atoms with E-state index in [4.69, 9.17) is 14.2 Å². The summed E-state index contributed by atoms with van der Waals surface area (Å²) in [7, 11) is 1.29. The molecule has 0 aromatic heterocycles. The van der Waals surface area contributed by atoms with Gasteiger partial charge in [-0.1, -0.05) is 12.1 Å². The van der Waals surface area contributed by atoms with Gasteiger partial charge in [0, 0.05) is 26.6 Å². The van der Waals surface area contributed by atoms with Crippen LogP contribution >= 0.6 is 0 Å². The van der Waals surface area contributed by atoms with Gasteiger partial charge in [-0.2, -0.15) is 0 Å². The van der Waals surface area contributed by atoms with Crippen LogP contribution in [0, 0.1) is 0 Å². The Hall–Kier alpha value is -2.56. The number of halogens is 1. The molecule has 0 aliphatic carbocycles. The van der Waals surface area contributed by atoms with E-state index in [2.05, 4.69) is 10.6 Å². The number of hydrogen-bond acceptors (Lipinski definition) is 7. The average molecular weight is 412 g/mol. The van der Waals surface area contributed by atoms with Crippen molar-refractivity contribution in [2.45, 2.75) is 50.9 Å². The van der Waals surface area contributed by atoms with Gasteiger partial charge in [-0.25, -0.2) is 4.39 Å². The van der Waals surface area contributed by atoms with Crippen molar-refractivity contribution >= 4 is 23.5 Å². The number of anilines is 1. The maximum absolute atomic E-state index is 13.4. The molecule has 0 saturated carbocycles. The summed E-state index contributed by atoms with van der Waals surface area (Å²) in [5.74, 6) is -1.38. The Labute approximate surface area is 167 Å². The van der Waals surface area contributed by atoms with Gasteiger partial charge in [0.2, 0.25) is 11.8 Å². The van der Waals surface area contributed by atoms with Crippen LogP contribution in [0.25, 0.3) is 0 Å². The van der Waals surface area contributed by atoms with Crippen LogP contribution < -0.4 is 10.6 Å². The summed E-state index contributed by atoms with van der Waals surface area (Å²) in [6.45, 7) is 1.60. The number of rotatable bonds is 7. The van der Waals surface area contributed by atoms with E-state index in [9.17, 15) is 23.9 Å². The first-order valence-corrected chi connectivity index (χ1v) is 9.00. The summed E-state index contributed by atoms with van der Waals surface area (Å²) >= 11 is 0. The normalized spacial score (nSPS) is 26.4. The molecule has 0 spiro atoms. The highest BCUT2D eigenvalue weighted by molar-refractivity contribution is 5.88. The van der Waals surface area contributed by atoms with Gasteiger partial charge >= 0.3 is 5.97 Å². The zero-order valence-corrected chi connectivity index (χ0v) is 16.4. The highest BCUT2D eigenvalue weighted by Gasteiger charge is 2.48. The minimum Gasteiger partial charge on any atom is -0.456 e. The predicted octanol–water partition coefficient (Wildman–Crippen LogP) is 0.306. The van der Waals surface area contributed by atoms with Crippen molar-refractivity contribution < 1.29 is 38.1 Å².